The fraction of sp³-hybridized carbons (Fsp3) is 0.167. The third-order valence-electron chi connectivity index (χ3n) is 3.93. The lowest BCUT2D eigenvalue weighted by Crippen LogP contribution is -2.36. The van der Waals surface area contributed by atoms with Crippen LogP contribution in [0.5, 0.6) is 0 Å². The van der Waals surface area contributed by atoms with Gasteiger partial charge in [-0.1, -0.05) is 6.07 Å². The highest BCUT2D eigenvalue weighted by molar-refractivity contribution is 9.10. The van der Waals surface area contributed by atoms with Gasteiger partial charge >= 0.3 is 5.97 Å². The summed E-state index contributed by atoms with van der Waals surface area (Å²) in [6, 6.07) is 6.66. The first-order chi connectivity index (χ1) is 12.8. The average molecular weight is 438 g/mol. The zero-order chi connectivity index (χ0) is 19.7. The second-order valence-corrected chi connectivity index (χ2v) is 6.84. The van der Waals surface area contributed by atoms with E-state index in [0.29, 0.717) is 15.8 Å². The molecule has 3 rings (SSSR count). The molecular formula is C18H14BrF2N3O3. The van der Waals surface area contributed by atoms with Gasteiger partial charge in [0.05, 0.1) is 5.69 Å². The number of imidazole rings is 1. The number of hydrogen-bond donors (Lipinski definition) is 1. The topological polar surface area (TPSA) is 74.9 Å². The summed E-state index contributed by atoms with van der Waals surface area (Å²) in [6.45, 7) is 0.853. The van der Waals surface area contributed by atoms with Crippen LogP contribution < -0.4 is 0 Å². The van der Waals surface area contributed by atoms with Crippen LogP contribution in [0.3, 0.4) is 0 Å². The number of carboxylic acid groups (broad SMARTS) is 1. The molecule has 2 heterocycles. The molecule has 0 atom stereocenters. The normalized spacial score (nSPS) is 11.0. The fourth-order valence-corrected chi connectivity index (χ4v) is 3.10. The van der Waals surface area contributed by atoms with Crippen molar-refractivity contribution in [2.45, 2.75) is 13.5 Å². The number of rotatable bonds is 5. The molecule has 0 aliphatic carbocycles. The lowest BCUT2D eigenvalue weighted by molar-refractivity contribution is -0.137. The molecule has 0 saturated carbocycles. The van der Waals surface area contributed by atoms with Gasteiger partial charge in [-0.25, -0.2) is 13.8 Å². The van der Waals surface area contributed by atoms with E-state index in [0.717, 1.165) is 17.0 Å². The maximum absolute atomic E-state index is 13.5. The predicted molar refractivity (Wildman–Crippen MR) is 96.4 cm³/mol. The molecule has 6 nitrogen and oxygen atoms in total. The van der Waals surface area contributed by atoms with Crippen LogP contribution in [0.4, 0.5) is 8.78 Å². The molecular weight excluding hydrogens is 424 g/mol. The summed E-state index contributed by atoms with van der Waals surface area (Å²) in [6.07, 6.45) is 1.65. The zero-order valence-electron chi connectivity index (χ0n) is 14.1. The van der Waals surface area contributed by atoms with E-state index < -0.39 is 30.1 Å². The summed E-state index contributed by atoms with van der Waals surface area (Å²) in [5.41, 5.74) is 1.44. The molecule has 0 radical (unpaired) electrons. The Morgan fingerprint density at radius 2 is 1.96 bits per heavy atom. The Labute approximate surface area is 161 Å². The smallest absolute Gasteiger partial charge is 0.323 e. The number of hydrogen-bond acceptors (Lipinski definition) is 3. The van der Waals surface area contributed by atoms with Crippen molar-refractivity contribution in [3.05, 3.63) is 69.6 Å². The molecule has 140 valence electrons. The van der Waals surface area contributed by atoms with Gasteiger partial charge in [-0.3, -0.25) is 14.0 Å². The van der Waals surface area contributed by atoms with Crippen LogP contribution in [0.15, 0.2) is 41.0 Å². The molecule has 0 saturated heterocycles. The molecule has 0 fully saturated rings. The number of benzene rings is 1. The molecule has 1 aromatic carbocycles. The van der Waals surface area contributed by atoms with E-state index in [1.165, 1.54) is 6.07 Å². The van der Waals surface area contributed by atoms with Crippen LogP contribution in [-0.4, -0.2) is 37.8 Å². The first-order valence-corrected chi connectivity index (χ1v) is 8.64. The summed E-state index contributed by atoms with van der Waals surface area (Å²) in [5.74, 6) is -3.88. The summed E-state index contributed by atoms with van der Waals surface area (Å²) >= 11 is 3.33. The number of aryl methyl sites for hydroxylation is 1. The van der Waals surface area contributed by atoms with Crippen molar-refractivity contribution >= 4 is 33.5 Å². The third kappa shape index (κ3) is 3.97. The molecule has 3 aromatic rings. The first kappa shape index (κ1) is 19.0. The number of aromatic nitrogens is 2. The van der Waals surface area contributed by atoms with Gasteiger partial charge < -0.3 is 10.0 Å². The van der Waals surface area contributed by atoms with Gasteiger partial charge in [0.25, 0.3) is 5.91 Å². The molecule has 0 unspecified atom stereocenters. The van der Waals surface area contributed by atoms with Gasteiger partial charge in [0.2, 0.25) is 0 Å². The monoisotopic (exact) mass is 437 g/mol. The standard InChI is InChI=1S/C18H14BrF2N3O3/c1-10-17(24-8-12(19)3-5-15(24)22-10)18(27)23(9-16(25)26)7-11-2-4-13(20)14(21)6-11/h2-6,8H,7,9H2,1H3,(H,25,26). The number of carboxylic acids is 1. The molecule has 2 aromatic heterocycles. The Hall–Kier alpha value is -2.81. The van der Waals surface area contributed by atoms with Gasteiger partial charge in [-0.05, 0) is 52.7 Å². The number of carbonyl (C=O) groups is 2. The van der Waals surface area contributed by atoms with Crippen LogP contribution in [0.25, 0.3) is 5.65 Å². The molecule has 9 heteroatoms. The Morgan fingerprint density at radius 1 is 1.22 bits per heavy atom. The second-order valence-electron chi connectivity index (χ2n) is 5.92. The quantitative estimate of drug-likeness (QED) is 0.663. The molecule has 0 spiro atoms. The van der Waals surface area contributed by atoms with Crippen LogP contribution in [0, 0.1) is 18.6 Å². The van der Waals surface area contributed by atoms with E-state index in [9.17, 15) is 23.5 Å². The Morgan fingerprint density at radius 3 is 2.63 bits per heavy atom. The maximum atomic E-state index is 13.5. The SMILES string of the molecule is Cc1nc2ccc(Br)cn2c1C(=O)N(CC(=O)O)Cc1ccc(F)c(F)c1. The lowest BCUT2D eigenvalue weighted by atomic mass is 10.2. The van der Waals surface area contributed by atoms with Crippen molar-refractivity contribution in [1.29, 1.82) is 0 Å². The van der Waals surface area contributed by atoms with Gasteiger partial charge in [-0.2, -0.15) is 0 Å². The van der Waals surface area contributed by atoms with Gasteiger partial charge in [0.15, 0.2) is 11.6 Å². The number of aliphatic carboxylic acids is 1. The summed E-state index contributed by atoms with van der Waals surface area (Å²) in [7, 11) is 0. The van der Waals surface area contributed by atoms with Crippen molar-refractivity contribution in [3.8, 4) is 0 Å². The number of nitrogens with zero attached hydrogens (tertiary/aromatic N) is 3. The van der Waals surface area contributed by atoms with Crippen LogP contribution in [0.1, 0.15) is 21.7 Å². The molecule has 0 aliphatic rings. The van der Waals surface area contributed by atoms with Crippen LogP contribution >= 0.6 is 15.9 Å². The van der Waals surface area contributed by atoms with Crippen molar-refractivity contribution < 1.29 is 23.5 Å². The predicted octanol–water partition coefficient (Wildman–Crippen LogP) is 3.41. The van der Waals surface area contributed by atoms with E-state index in [-0.39, 0.29) is 17.8 Å². The van der Waals surface area contributed by atoms with E-state index in [1.807, 2.05) is 0 Å². The fourth-order valence-electron chi connectivity index (χ4n) is 2.76. The lowest BCUT2D eigenvalue weighted by Gasteiger charge is -2.21. The molecule has 27 heavy (non-hydrogen) atoms. The third-order valence-corrected chi connectivity index (χ3v) is 4.40. The summed E-state index contributed by atoms with van der Waals surface area (Å²) in [5, 5.41) is 9.18. The minimum atomic E-state index is -1.22. The number of fused-ring (bicyclic) bond motifs is 1. The first-order valence-electron chi connectivity index (χ1n) is 7.85. The van der Waals surface area contributed by atoms with Gasteiger partial charge in [-0.15, -0.1) is 0 Å². The minimum Gasteiger partial charge on any atom is -0.480 e. The summed E-state index contributed by atoms with van der Waals surface area (Å²) in [4.78, 5) is 29.7. The van der Waals surface area contributed by atoms with Gasteiger partial charge in [0, 0.05) is 17.2 Å². The average Bonchev–Trinajstić information content (AvgIpc) is 2.91. The zero-order valence-corrected chi connectivity index (χ0v) is 15.7. The maximum Gasteiger partial charge on any atom is 0.323 e. The Balaban J connectivity index is 2.01. The van der Waals surface area contributed by atoms with Crippen molar-refractivity contribution in [2.75, 3.05) is 6.54 Å². The largest absolute Gasteiger partial charge is 0.480 e. The molecule has 0 bridgehead atoms. The van der Waals surface area contributed by atoms with Crippen LogP contribution in [0.2, 0.25) is 0 Å². The molecule has 1 N–H and O–H groups in total. The van der Waals surface area contributed by atoms with E-state index in [2.05, 4.69) is 20.9 Å². The number of amides is 1. The highest BCUT2D eigenvalue weighted by Crippen LogP contribution is 2.20. The van der Waals surface area contributed by atoms with Crippen molar-refractivity contribution in [2.24, 2.45) is 0 Å². The molecule has 0 aliphatic heterocycles. The van der Waals surface area contributed by atoms with E-state index in [4.69, 9.17) is 0 Å². The van der Waals surface area contributed by atoms with E-state index in [1.54, 1.807) is 29.7 Å². The number of pyridine rings is 1. The number of carbonyl (C=O) groups excluding carboxylic acids is 1. The Kier molecular flexibility index (Phi) is 5.22. The van der Waals surface area contributed by atoms with Crippen LogP contribution in [-0.2, 0) is 11.3 Å². The minimum absolute atomic E-state index is 0.191. The van der Waals surface area contributed by atoms with Gasteiger partial charge in [0.1, 0.15) is 17.9 Å². The summed E-state index contributed by atoms with van der Waals surface area (Å²) < 4.78 is 28.9. The van der Waals surface area contributed by atoms with Crippen molar-refractivity contribution in [3.63, 3.8) is 0 Å². The highest BCUT2D eigenvalue weighted by Gasteiger charge is 2.25. The molecule has 1 amide bonds. The number of halogens is 3. The van der Waals surface area contributed by atoms with Crippen molar-refractivity contribution in [1.82, 2.24) is 14.3 Å². The second kappa shape index (κ2) is 7.43. The van der Waals surface area contributed by atoms with E-state index >= 15 is 0 Å². The highest BCUT2D eigenvalue weighted by atomic mass is 79.9. The Bertz CT molecular complexity index is 1050.